The zero-order chi connectivity index (χ0) is 11.7. The normalized spacial score (nSPS) is 10.4. The Kier molecular flexibility index (Phi) is 3.01. The maximum atomic E-state index is 9.59. The van der Waals surface area contributed by atoms with Gasteiger partial charge in [0.05, 0.1) is 0 Å². The fourth-order valence-electron chi connectivity index (χ4n) is 1.78. The van der Waals surface area contributed by atoms with E-state index >= 15 is 0 Å². The van der Waals surface area contributed by atoms with Gasteiger partial charge >= 0.3 is 0 Å². The molecule has 0 aliphatic rings. The second-order valence-electron chi connectivity index (χ2n) is 4.02. The van der Waals surface area contributed by atoms with Crippen LogP contribution < -0.4 is 0 Å². The maximum Gasteiger partial charge on any atom is 0.117 e. The third kappa shape index (κ3) is 2.27. The van der Waals surface area contributed by atoms with Gasteiger partial charge in [0.25, 0.3) is 0 Å². The van der Waals surface area contributed by atoms with Crippen LogP contribution in [0.5, 0.6) is 5.75 Å². The molecule has 0 aliphatic heterocycles. The van der Waals surface area contributed by atoms with E-state index in [1.807, 2.05) is 6.07 Å². The number of phenols is 1. The lowest BCUT2D eigenvalue weighted by molar-refractivity contribution is 0.475. The SMILES string of the molecule is Cc1ccc(C)c(-c2cc(O)cc(Br)c2)c1. The van der Waals surface area contributed by atoms with Crippen LogP contribution in [0.3, 0.4) is 0 Å². The fourth-order valence-corrected chi connectivity index (χ4v) is 2.26. The zero-order valence-corrected chi connectivity index (χ0v) is 10.9. The largest absolute Gasteiger partial charge is 0.508 e. The number of hydrogen-bond donors (Lipinski definition) is 1. The van der Waals surface area contributed by atoms with E-state index in [4.69, 9.17) is 0 Å². The summed E-state index contributed by atoms with van der Waals surface area (Å²) in [6.45, 7) is 4.15. The molecule has 0 atom stereocenters. The molecule has 0 spiro atoms. The summed E-state index contributed by atoms with van der Waals surface area (Å²) < 4.78 is 0.892. The van der Waals surface area contributed by atoms with E-state index in [-0.39, 0.29) is 5.75 Å². The second kappa shape index (κ2) is 4.30. The van der Waals surface area contributed by atoms with Gasteiger partial charge in [-0.25, -0.2) is 0 Å². The van der Waals surface area contributed by atoms with Crippen molar-refractivity contribution in [3.63, 3.8) is 0 Å². The van der Waals surface area contributed by atoms with Crippen LogP contribution in [-0.4, -0.2) is 5.11 Å². The molecule has 0 saturated heterocycles. The molecule has 0 radical (unpaired) electrons. The standard InChI is InChI=1S/C14H13BrO/c1-9-3-4-10(2)14(5-9)11-6-12(15)8-13(16)7-11/h3-8,16H,1-2H3. The van der Waals surface area contributed by atoms with Gasteiger partial charge in [-0.05, 0) is 48.7 Å². The zero-order valence-electron chi connectivity index (χ0n) is 9.29. The number of benzene rings is 2. The highest BCUT2D eigenvalue weighted by Crippen LogP contribution is 2.30. The van der Waals surface area contributed by atoms with E-state index in [0.717, 1.165) is 15.6 Å². The number of aromatic hydroxyl groups is 1. The van der Waals surface area contributed by atoms with Crippen LogP contribution >= 0.6 is 15.9 Å². The van der Waals surface area contributed by atoms with Gasteiger partial charge in [0.15, 0.2) is 0 Å². The molecule has 0 unspecified atom stereocenters. The average Bonchev–Trinajstić information content (AvgIpc) is 2.20. The van der Waals surface area contributed by atoms with Crippen LogP contribution in [-0.2, 0) is 0 Å². The van der Waals surface area contributed by atoms with Gasteiger partial charge in [0.2, 0.25) is 0 Å². The monoisotopic (exact) mass is 276 g/mol. The Bertz CT molecular complexity index is 512. The molecule has 2 rings (SSSR count). The molecule has 0 fully saturated rings. The summed E-state index contributed by atoms with van der Waals surface area (Å²) in [5, 5.41) is 9.59. The van der Waals surface area contributed by atoms with E-state index in [1.165, 1.54) is 11.1 Å². The summed E-state index contributed by atoms with van der Waals surface area (Å²) in [4.78, 5) is 0. The van der Waals surface area contributed by atoms with Gasteiger partial charge < -0.3 is 5.11 Å². The van der Waals surface area contributed by atoms with E-state index in [0.29, 0.717) is 0 Å². The molecular formula is C14H13BrO. The Balaban J connectivity index is 2.62. The van der Waals surface area contributed by atoms with Crippen molar-refractivity contribution in [2.45, 2.75) is 13.8 Å². The predicted molar refractivity (Wildman–Crippen MR) is 70.7 cm³/mol. The van der Waals surface area contributed by atoms with Crippen molar-refractivity contribution in [1.29, 1.82) is 0 Å². The van der Waals surface area contributed by atoms with Crippen molar-refractivity contribution in [2.24, 2.45) is 0 Å². The average molecular weight is 277 g/mol. The van der Waals surface area contributed by atoms with Crippen molar-refractivity contribution in [2.75, 3.05) is 0 Å². The molecule has 1 nitrogen and oxygen atoms in total. The number of hydrogen-bond acceptors (Lipinski definition) is 1. The molecule has 0 bridgehead atoms. The highest BCUT2D eigenvalue weighted by atomic mass is 79.9. The first-order chi connectivity index (χ1) is 7.56. The Hall–Kier alpha value is -1.28. The highest BCUT2D eigenvalue weighted by molar-refractivity contribution is 9.10. The number of phenolic OH excluding ortho intramolecular Hbond substituents is 1. The van der Waals surface area contributed by atoms with E-state index in [1.54, 1.807) is 12.1 Å². The van der Waals surface area contributed by atoms with Crippen LogP contribution in [0.1, 0.15) is 11.1 Å². The Morgan fingerprint density at radius 2 is 1.75 bits per heavy atom. The van der Waals surface area contributed by atoms with Crippen molar-refractivity contribution in [3.05, 3.63) is 52.0 Å². The predicted octanol–water partition coefficient (Wildman–Crippen LogP) is 4.44. The van der Waals surface area contributed by atoms with Crippen LogP contribution in [0, 0.1) is 13.8 Å². The fraction of sp³-hybridized carbons (Fsp3) is 0.143. The molecule has 16 heavy (non-hydrogen) atoms. The van der Waals surface area contributed by atoms with Gasteiger partial charge in [-0.15, -0.1) is 0 Å². The van der Waals surface area contributed by atoms with E-state index in [2.05, 4.69) is 48.0 Å². The van der Waals surface area contributed by atoms with Crippen LogP contribution in [0.2, 0.25) is 0 Å². The molecule has 2 aromatic rings. The molecular weight excluding hydrogens is 264 g/mol. The van der Waals surface area contributed by atoms with E-state index < -0.39 is 0 Å². The summed E-state index contributed by atoms with van der Waals surface area (Å²) in [6.07, 6.45) is 0. The molecule has 82 valence electrons. The van der Waals surface area contributed by atoms with Crippen molar-refractivity contribution >= 4 is 15.9 Å². The molecule has 0 heterocycles. The molecule has 0 aliphatic carbocycles. The summed E-state index contributed by atoms with van der Waals surface area (Å²) >= 11 is 3.39. The van der Waals surface area contributed by atoms with Crippen molar-refractivity contribution in [1.82, 2.24) is 0 Å². The molecule has 1 N–H and O–H groups in total. The van der Waals surface area contributed by atoms with Crippen LogP contribution in [0.15, 0.2) is 40.9 Å². The van der Waals surface area contributed by atoms with Crippen molar-refractivity contribution in [3.8, 4) is 16.9 Å². The third-order valence-electron chi connectivity index (χ3n) is 2.59. The minimum atomic E-state index is 0.283. The quantitative estimate of drug-likeness (QED) is 0.817. The summed E-state index contributed by atoms with van der Waals surface area (Å²) in [7, 11) is 0. The maximum absolute atomic E-state index is 9.59. The van der Waals surface area contributed by atoms with Gasteiger partial charge in [0.1, 0.15) is 5.75 Å². The Morgan fingerprint density at radius 3 is 2.44 bits per heavy atom. The lowest BCUT2D eigenvalue weighted by Gasteiger charge is -2.08. The summed E-state index contributed by atoms with van der Waals surface area (Å²) in [6, 6.07) is 11.8. The molecule has 0 saturated carbocycles. The first kappa shape index (κ1) is 11.2. The minimum Gasteiger partial charge on any atom is -0.508 e. The first-order valence-corrected chi connectivity index (χ1v) is 5.93. The smallest absolute Gasteiger partial charge is 0.117 e. The minimum absolute atomic E-state index is 0.283. The molecule has 0 amide bonds. The number of halogens is 1. The lowest BCUT2D eigenvalue weighted by Crippen LogP contribution is -1.85. The Morgan fingerprint density at radius 1 is 1.00 bits per heavy atom. The topological polar surface area (TPSA) is 20.2 Å². The number of rotatable bonds is 1. The second-order valence-corrected chi connectivity index (χ2v) is 4.93. The summed E-state index contributed by atoms with van der Waals surface area (Å²) in [5.41, 5.74) is 4.63. The summed E-state index contributed by atoms with van der Waals surface area (Å²) in [5.74, 6) is 0.283. The van der Waals surface area contributed by atoms with Gasteiger partial charge in [0, 0.05) is 4.47 Å². The van der Waals surface area contributed by atoms with Gasteiger partial charge in [-0.2, -0.15) is 0 Å². The van der Waals surface area contributed by atoms with Crippen LogP contribution in [0.25, 0.3) is 11.1 Å². The molecule has 2 aromatic carbocycles. The highest BCUT2D eigenvalue weighted by Gasteiger charge is 2.04. The van der Waals surface area contributed by atoms with Gasteiger partial charge in [-0.1, -0.05) is 39.7 Å². The number of aryl methyl sites for hydroxylation is 2. The molecule has 2 heteroatoms. The van der Waals surface area contributed by atoms with E-state index in [9.17, 15) is 5.11 Å². The lowest BCUT2D eigenvalue weighted by atomic mass is 9.98. The third-order valence-corrected chi connectivity index (χ3v) is 3.04. The van der Waals surface area contributed by atoms with Crippen LogP contribution in [0.4, 0.5) is 0 Å². The van der Waals surface area contributed by atoms with Gasteiger partial charge in [-0.3, -0.25) is 0 Å². The Labute approximate surface area is 104 Å². The van der Waals surface area contributed by atoms with Crippen molar-refractivity contribution < 1.29 is 5.11 Å². The first-order valence-electron chi connectivity index (χ1n) is 5.13. The molecule has 0 aromatic heterocycles.